The third-order valence-electron chi connectivity index (χ3n) is 2.03. The lowest BCUT2D eigenvalue weighted by atomic mass is 10.2. The molecule has 0 bridgehead atoms. The molecule has 1 aromatic rings. The summed E-state index contributed by atoms with van der Waals surface area (Å²) in [4.78, 5) is 15.5. The lowest BCUT2D eigenvalue weighted by molar-refractivity contribution is -0.173. The SMILES string of the molecule is Cc1cc(C(=O)NCCOCC(F)(F)F)cc(N)n1. The fourth-order valence-electron chi connectivity index (χ4n) is 1.35. The molecule has 5 nitrogen and oxygen atoms in total. The molecule has 0 aromatic carbocycles. The number of nitrogen functional groups attached to an aromatic ring is 1. The average molecular weight is 277 g/mol. The quantitative estimate of drug-likeness (QED) is 0.795. The van der Waals surface area contributed by atoms with Crippen LogP contribution in [0.25, 0.3) is 0 Å². The first-order valence-electron chi connectivity index (χ1n) is 5.45. The summed E-state index contributed by atoms with van der Waals surface area (Å²) < 4.78 is 39.6. The van der Waals surface area contributed by atoms with Crippen molar-refractivity contribution in [2.24, 2.45) is 0 Å². The summed E-state index contributed by atoms with van der Waals surface area (Å²) in [6, 6.07) is 2.92. The van der Waals surface area contributed by atoms with E-state index in [1.807, 2.05) is 0 Å². The van der Waals surface area contributed by atoms with Crippen molar-refractivity contribution in [3.05, 3.63) is 23.4 Å². The third-order valence-corrected chi connectivity index (χ3v) is 2.03. The molecule has 19 heavy (non-hydrogen) atoms. The standard InChI is InChI=1S/C11H14F3N3O2/c1-7-4-8(5-9(15)17-7)10(18)16-2-3-19-6-11(12,13)14/h4-5H,2-3,6H2,1H3,(H2,15,17)(H,16,18). The number of rotatable bonds is 5. The van der Waals surface area contributed by atoms with Gasteiger partial charge in [-0.3, -0.25) is 4.79 Å². The minimum atomic E-state index is -4.36. The van der Waals surface area contributed by atoms with Crippen molar-refractivity contribution >= 4 is 11.7 Å². The van der Waals surface area contributed by atoms with Gasteiger partial charge >= 0.3 is 6.18 Å². The normalized spacial score (nSPS) is 11.4. The number of nitrogens with two attached hydrogens (primary N) is 1. The van der Waals surface area contributed by atoms with Crippen LogP contribution in [-0.2, 0) is 4.74 Å². The molecule has 0 aliphatic carbocycles. The highest BCUT2D eigenvalue weighted by molar-refractivity contribution is 5.94. The zero-order valence-corrected chi connectivity index (χ0v) is 10.3. The Morgan fingerprint density at radius 2 is 2.16 bits per heavy atom. The Morgan fingerprint density at radius 3 is 2.74 bits per heavy atom. The highest BCUT2D eigenvalue weighted by atomic mass is 19.4. The Morgan fingerprint density at radius 1 is 1.47 bits per heavy atom. The first-order chi connectivity index (χ1) is 8.78. The first kappa shape index (κ1) is 15.2. The van der Waals surface area contributed by atoms with Crippen molar-refractivity contribution in [1.29, 1.82) is 0 Å². The highest BCUT2D eigenvalue weighted by Gasteiger charge is 2.27. The number of nitrogens with one attached hydrogen (secondary N) is 1. The van der Waals surface area contributed by atoms with Crippen LogP contribution >= 0.6 is 0 Å². The second-order valence-electron chi connectivity index (χ2n) is 3.85. The minimum Gasteiger partial charge on any atom is -0.384 e. The summed E-state index contributed by atoms with van der Waals surface area (Å²) in [7, 11) is 0. The van der Waals surface area contributed by atoms with E-state index in [-0.39, 0.29) is 19.0 Å². The van der Waals surface area contributed by atoms with E-state index in [9.17, 15) is 18.0 Å². The van der Waals surface area contributed by atoms with Gasteiger partial charge in [-0.2, -0.15) is 13.2 Å². The molecule has 0 radical (unpaired) electrons. The van der Waals surface area contributed by atoms with Gasteiger partial charge in [-0.1, -0.05) is 0 Å². The molecule has 0 spiro atoms. The fourth-order valence-corrected chi connectivity index (χ4v) is 1.35. The van der Waals surface area contributed by atoms with Crippen molar-refractivity contribution in [2.45, 2.75) is 13.1 Å². The molecular weight excluding hydrogens is 263 g/mol. The zero-order chi connectivity index (χ0) is 14.5. The fraction of sp³-hybridized carbons (Fsp3) is 0.455. The number of alkyl halides is 3. The van der Waals surface area contributed by atoms with Crippen molar-refractivity contribution in [3.63, 3.8) is 0 Å². The lowest BCUT2D eigenvalue weighted by Crippen LogP contribution is -2.29. The molecule has 1 aromatic heterocycles. The molecule has 1 heterocycles. The molecule has 0 saturated carbocycles. The summed E-state index contributed by atoms with van der Waals surface area (Å²) in [6.07, 6.45) is -4.36. The summed E-state index contributed by atoms with van der Waals surface area (Å²) >= 11 is 0. The number of amides is 1. The van der Waals surface area contributed by atoms with E-state index in [4.69, 9.17) is 5.73 Å². The van der Waals surface area contributed by atoms with Crippen LogP contribution in [0.3, 0.4) is 0 Å². The van der Waals surface area contributed by atoms with Crippen LogP contribution in [0.1, 0.15) is 16.1 Å². The van der Waals surface area contributed by atoms with Crippen LogP contribution < -0.4 is 11.1 Å². The summed E-state index contributed by atoms with van der Waals surface area (Å²) in [5, 5.41) is 2.43. The molecule has 1 amide bonds. The van der Waals surface area contributed by atoms with Gasteiger partial charge in [0, 0.05) is 17.8 Å². The van der Waals surface area contributed by atoms with Crippen molar-refractivity contribution < 1.29 is 22.7 Å². The molecule has 3 N–H and O–H groups in total. The van der Waals surface area contributed by atoms with Crippen LogP contribution in [0, 0.1) is 6.92 Å². The van der Waals surface area contributed by atoms with Crippen LogP contribution in [0.5, 0.6) is 0 Å². The molecule has 0 unspecified atom stereocenters. The third kappa shape index (κ3) is 6.05. The molecule has 0 atom stereocenters. The van der Waals surface area contributed by atoms with Crippen molar-refractivity contribution in [1.82, 2.24) is 10.3 Å². The van der Waals surface area contributed by atoms with Crippen LogP contribution in [0.4, 0.5) is 19.0 Å². The Kier molecular flexibility index (Phi) is 5.11. The van der Waals surface area contributed by atoms with Crippen LogP contribution in [0.2, 0.25) is 0 Å². The molecule has 0 saturated heterocycles. The molecule has 1 rings (SSSR count). The van der Waals surface area contributed by atoms with Gasteiger partial charge in [0.25, 0.3) is 5.91 Å². The second-order valence-corrected chi connectivity index (χ2v) is 3.85. The maximum atomic E-state index is 11.8. The number of anilines is 1. The number of pyridine rings is 1. The molecule has 106 valence electrons. The van der Waals surface area contributed by atoms with E-state index in [1.165, 1.54) is 12.1 Å². The number of hydrogen-bond acceptors (Lipinski definition) is 4. The van der Waals surface area contributed by atoms with Gasteiger partial charge in [0.05, 0.1) is 6.61 Å². The minimum absolute atomic E-state index is 0.0177. The van der Waals surface area contributed by atoms with Gasteiger partial charge in [-0.05, 0) is 19.1 Å². The smallest absolute Gasteiger partial charge is 0.384 e. The molecule has 0 aliphatic heterocycles. The van der Waals surface area contributed by atoms with Gasteiger partial charge < -0.3 is 15.8 Å². The van der Waals surface area contributed by atoms with E-state index in [0.29, 0.717) is 11.3 Å². The predicted molar refractivity (Wildman–Crippen MR) is 62.6 cm³/mol. The van der Waals surface area contributed by atoms with Gasteiger partial charge in [-0.25, -0.2) is 4.98 Å². The zero-order valence-electron chi connectivity index (χ0n) is 10.3. The van der Waals surface area contributed by atoms with E-state index in [2.05, 4.69) is 15.0 Å². The average Bonchev–Trinajstić information content (AvgIpc) is 2.25. The highest BCUT2D eigenvalue weighted by Crippen LogP contribution is 2.14. The number of hydrogen-bond donors (Lipinski definition) is 2. The number of carbonyl (C=O) groups is 1. The van der Waals surface area contributed by atoms with Crippen molar-refractivity contribution in [2.75, 3.05) is 25.5 Å². The maximum Gasteiger partial charge on any atom is 0.411 e. The molecule has 8 heteroatoms. The number of halogens is 3. The second kappa shape index (κ2) is 6.37. The van der Waals surface area contributed by atoms with E-state index in [0.717, 1.165) is 0 Å². The van der Waals surface area contributed by atoms with E-state index < -0.39 is 18.7 Å². The van der Waals surface area contributed by atoms with E-state index >= 15 is 0 Å². The van der Waals surface area contributed by atoms with Crippen molar-refractivity contribution in [3.8, 4) is 0 Å². The monoisotopic (exact) mass is 277 g/mol. The first-order valence-corrected chi connectivity index (χ1v) is 5.45. The molecule has 0 aliphatic rings. The molecule has 0 fully saturated rings. The predicted octanol–water partition coefficient (Wildman–Crippen LogP) is 1.28. The Hall–Kier alpha value is -1.83. The van der Waals surface area contributed by atoms with Crippen LogP contribution in [-0.4, -0.2) is 36.8 Å². The summed E-state index contributed by atoms with van der Waals surface area (Å²) in [6.45, 7) is 0.116. The number of nitrogens with zero attached hydrogens (tertiary/aromatic N) is 1. The Balaban J connectivity index is 2.35. The Labute approximate surface area is 108 Å². The topological polar surface area (TPSA) is 77.2 Å². The summed E-state index contributed by atoms with van der Waals surface area (Å²) in [5.74, 6) is -0.230. The number of ether oxygens (including phenoxy) is 1. The maximum absolute atomic E-state index is 11.8. The van der Waals surface area contributed by atoms with Gasteiger partial charge in [0.1, 0.15) is 12.4 Å². The van der Waals surface area contributed by atoms with Gasteiger partial charge in [0.2, 0.25) is 0 Å². The lowest BCUT2D eigenvalue weighted by Gasteiger charge is -2.09. The van der Waals surface area contributed by atoms with E-state index in [1.54, 1.807) is 6.92 Å². The van der Waals surface area contributed by atoms with Gasteiger partial charge in [0.15, 0.2) is 0 Å². The largest absolute Gasteiger partial charge is 0.411 e. The number of aryl methyl sites for hydroxylation is 1. The van der Waals surface area contributed by atoms with Gasteiger partial charge in [-0.15, -0.1) is 0 Å². The molecular formula is C11H14F3N3O2. The Bertz CT molecular complexity index is 429. The summed E-state index contributed by atoms with van der Waals surface area (Å²) in [5.41, 5.74) is 6.37. The number of carbonyl (C=O) groups excluding carboxylic acids is 1. The van der Waals surface area contributed by atoms with Crippen LogP contribution in [0.15, 0.2) is 12.1 Å². The number of aromatic nitrogens is 1.